The molecule has 3 aromatic rings. The van der Waals surface area contributed by atoms with Crippen molar-refractivity contribution in [2.45, 2.75) is 19.4 Å². The highest BCUT2D eigenvalue weighted by atomic mass is 35.5. The molecule has 1 aliphatic rings. The second-order valence-corrected chi connectivity index (χ2v) is 6.73. The van der Waals surface area contributed by atoms with E-state index in [1.807, 2.05) is 31.2 Å². The van der Waals surface area contributed by atoms with Gasteiger partial charge in [0.1, 0.15) is 0 Å². The van der Waals surface area contributed by atoms with Gasteiger partial charge in [-0.2, -0.15) is 4.98 Å². The van der Waals surface area contributed by atoms with Crippen molar-refractivity contribution >= 4 is 35.3 Å². The van der Waals surface area contributed by atoms with Gasteiger partial charge in [-0.3, -0.25) is 20.2 Å². The van der Waals surface area contributed by atoms with Gasteiger partial charge in [0, 0.05) is 10.6 Å². The third-order valence-corrected chi connectivity index (χ3v) is 4.68. The summed E-state index contributed by atoms with van der Waals surface area (Å²) in [7, 11) is 0. The van der Waals surface area contributed by atoms with Crippen LogP contribution < -0.4 is 10.6 Å². The van der Waals surface area contributed by atoms with Gasteiger partial charge in [-0.25, -0.2) is 4.68 Å². The van der Waals surface area contributed by atoms with E-state index < -0.39 is 0 Å². The number of aryl methyl sites for hydroxylation is 1. The minimum Gasteiger partial charge on any atom is -0.295 e. The number of nitrogens with one attached hydrogen (secondary N) is 2. The standard InChI is InChI=1S/C19H16ClN5O2/c1-11-4-2-3-5-14(11)17(27)22-18-23-19-21-16(26)10-15(25(19)24-18)12-6-8-13(20)9-7-12/h2-9,15H,10H2,1H3,(H2,21,22,23,24,26,27)/t15-/m0/s1. The molecule has 2 N–H and O–H groups in total. The molecule has 7 nitrogen and oxygen atoms in total. The summed E-state index contributed by atoms with van der Waals surface area (Å²) in [5.41, 5.74) is 2.28. The first-order valence-electron chi connectivity index (χ1n) is 8.40. The van der Waals surface area contributed by atoms with Gasteiger partial charge in [0.05, 0.1) is 12.5 Å². The number of hydrogen-bond acceptors (Lipinski definition) is 4. The number of amides is 2. The highest BCUT2D eigenvalue weighted by Gasteiger charge is 2.29. The largest absolute Gasteiger partial charge is 0.295 e. The zero-order valence-electron chi connectivity index (χ0n) is 14.4. The molecule has 0 spiro atoms. The van der Waals surface area contributed by atoms with E-state index in [1.165, 1.54) is 0 Å². The molecule has 0 radical (unpaired) electrons. The minimum atomic E-state index is -0.317. The van der Waals surface area contributed by atoms with Crippen molar-refractivity contribution in [1.29, 1.82) is 0 Å². The van der Waals surface area contributed by atoms with Gasteiger partial charge in [0.25, 0.3) is 11.9 Å². The number of rotatable bonds is 3. The van der Waals surface area contributed by atoms with E-state index in [4.69, 9.17) is 11.6 Å². The molecular formula is C19H16ClN5O2. The number of nitrogens with zero attached hydrogens (tertiary/aromatic N) is 3. The molecule has 8 heteroatoms. The summed E-state index contributed by atoms with van der Waals surface area (Å²) < 4.78 is 1.61. The van der Waals surface area contributed by atoms with Crippen molar-refractivity contribution in [2.24, 2.45) is 0 Å². The Morgan fingerprint density at radius 2 is 1.96 bits per heavy atom. The molecule has 0 aliphatic carbocycles. The normalized spacial score (nSPS) is 15.8. The summed E-state index contributed by atoms with van der Waals surface area (Å²) in [4.78, 5) is 28.8. The van der Waals surface area contributed by atoms with Crippen LogP contribution in [-0.4, -0.2) is 26.6 Å². The van der Waals surface area contributed by atoms with Crippen LogP contribution in [0.3, 0.4) is 0 Å². The number of carbonyl (C=O) groups is 2. The molecule has 1 aliphatic heterocycles. The van der Waals surface area contributed by atoms with Crippen LogP contribution in [0, 0.1) is 6.92 Å². The summed E-state index contributed by atoms with van der Waals surface area (Å²) in [5.74, 6) is -0.0252. The van der Waals surface area contributed by atoms with E-state index >= 15 is 0 Å². The Morgan fingerprint density at radius 3 is 2.70 bits per heavy atom. The predicted molar refractivity (Wildman–Crippen MR) is 102 cm³/mol. The number of hydrogen-bond donors (Lipinski definition) is 2. The molecular weight excluding hydrogens is 366 g/mol. The summed E-state index contributed by atoms with van der Waals surface area (Å²) in [6.07, 6.45) is 0.225. The third kappa shape index (κ3) is 3.41. The molecule has 2 aromatic carbocycles. The van der Waals surface area contributed by atoms with E-state index in [0.29, 0.717) is 16.5 Å². The Balaban J connectivity index is 1.64. The number of carbonyl (C=O) groups excluding carboxylic acids is 2. The molecule has 2 heterocycles. The van der Waals surface area contributed by atoms with Crippen LogP contribution in [0.25, 0.3) is 0 Å². The monoisotopic (exact) mass is 381 g/mol. The Hall–Kier alpha value is -3.19. The summed E-state index contributed by atoms with van der Waals surface area (Å²) in [6, 6.07) is 14.2. The quantitative estimate of drug-likeness (QED) is 0.727. The van der Waals surface area contributed by atoms with Crippen LogP contribution >= 0.6 is 11.6 Å². The summed E-state index contributed by atoms with van der Waals surface area (Å²) in [6.45, 7) is 1.86. The number of aromatic nitrogens is 3. The van der Waals surface area contributed by atoms with Crippen molar-refractivity contribution in [1.82, 2.24) is 14.8 Å². The predicted octanol–water partition coefficient (Wildman–Crippen LogP) is 3.42. The fraction of sp³-hybridized carbons (Fsp3) is 0.158. The Bertz CT molecular complexity index is 1030. The molecule has 1 aromatic heterocycles. The molecule has 0 saturated heterocycles. The Labute approximate surface area is 160 Å². The maximum atomic E-state index is 12.5. The van der Waals surface area contributed by atoms with E-state index in [0.717, 1.165) is 11.1 Å². The van der Waals surface area contributed by atoms with E-state index in [9.17, 15) is 9.59 Å². The lowest BCUT2D eigenvalue weighted by molar-refractivity contribution is -0.117. The van der Waals surface area contributed by atoms with Crippen LogP contribution in [0.5, 0.6) is 0 Å². The van der Waals surface area contributed by atoms with Crippen molar-refractivity contribution < 1.29 is 9.59 Å². The van der Waals surface area contributed by atoms with Crippen molar-refractivity contribution in [3.8, 4) is 0 Å². The van der Waals surface area contributed by atoms with Gasteiger partial charge in [-0.1, -0.05) is 41.9 Å². The van der Waals surface area contributed by atoms with Crippen LogP contribution in [-0.2, 0) is 4.79 Å². The molecule has 136 valence electrons. The first-order chi connectivity index (χ1) is 13.0. The lowest BCUT2D eigenvalue weighted by atomic mass is 10.0. The van der Waals surface area contributed by atoms with Crippen molar-refractivity contribution in [2.75, 3.05) is 10.6 Å². The zero-order chi connectivity index (χ0) is 19.0. The van der Waals surface area contributed by atoms with Gasteiger partial charge in [-0.15, -0.1) is 5.10 Å². The SMILES string of the molecule is Cc1ccccc1C(=O)Nc1nc2n(n1)[C@H](c1ccc(Cl)cc1)CC(=O)N2. The Morgan fingerprint density at radius 1 is 1.22 bits per heavy atom. The Kier molecular flexibility index (Phi) is 4.37. The molecule has 0 fully saturated rings. The van der Waals surface area contributed by atoms with Crippen LogP contribution in [0.15, 0.2) is 48.5 Å². The van der Waals surface area contributed by atoms with Gasteiger partial charge >= 0.3 is 0 Å². The first kappa shape index (κ1) is 17.2. The zero-order valence-corrected chi connectivity index (χ0v) is 15.2. The van der Waals surface area contributed by atoms with Crippen molar-refractivity contribution in [3.05, 3.63) is 70.2 Å². The van der Waals surface area contributed by atoms with Crippen LogP contribution in [0.2, 0.25) is 5.02 Å². The fourth-order valence-electron chi connectivity index (χ4n) is 3.06. The lowest BCUT2D eigenvalue weighted by Gasteiger charge is -2.23. The average molecular weight is 382 g/mol. The lowest BCUT2D eigenvalue weighted by Crippen LogP contribution is -2.29. The van der Waals surface area contributed by atoms with E-state index in [-0.39, 0.29) is 30.2 Å². The van der Waals surface area contributed by atoms with E-state index in [1.54, 1.807) is 28.9 Å². The maximum Gasteiger partial charge on any atom is 0.258 e. The molecule has 0 saturated carbocycles. The molecule has 0 bridgehead atoms. The number of halogens is 1. The molecule has 0 unspecified atom stereocenters. The molecule has 2 amide bonds. The van der Waals surface area contributed by atoms with Crippen LogP contribution in [0.1, 0.15) is 33.9 Å². The summed E-state index contributed by atoms with van der Waals surface area (Å²) in [5, 5.41) is 10.4. The third-order valence-electron chi connectivity index (χ3n) is 4.43. The van der Waals surface area contributed by atoms with Gasteiger partial charge in [0.15, 0.2) is 0 Å². The minimum absolute atomic E-state index is 0.138. The molecule has 27 heavy (non-hydrogen) atoms. The smallest absolute Gasteiger partial charge is 0.258 e. The van der Waals surface area contributed by atoms with Gasteiger partial charge < -0.3 is 0 Å². The number of fused-ring (bicyclic) bond motifs is 1. The van der Waals surface area contributed by atoms with Crippen molar-refractivity contribution in [3.63, 3.8) is 0 Å². The first-order valence-corrected chi connectivity index (χ1v) is 8.78. The fourth-order valence-corrected chi connectivity index (χ4v) is 3.18. The maximum absolute atomic E-state index is 12.5. The number of anilines is 2. The highest BCUT2D eigenvalue weighted by molar-refractivity contribution is 6.30. The van der Waals surface area contributed by atoms with Gasteiger partial charge in [-0.05, 0) is 36.2 Å². The van der Waals surface area contributed by atoms with Crippen LogP contribution in [0.4, 0.5) is 11.9 Å². The number of benzene rings is 2. The summed E-state index contributed by atoms with van der Waals surface area (Å²) >= 11 is 5.95. The molecule has 4 rings (SSSR count). The van der Waals surface area contributed by atoms with E-state index in [2.05, 4.69) is 20.7 Å². The second kappa shape index (κ2) is 6.85. The molecule has 1 atom stereocenters. The highest BCUT2D eigenvalue weighted by Crippen LogP contribution is 2.30. The average Bonchev–Trinajstić information content (AvgIpc) is 3.04. The second-order valence-electron chi connectivity index (χ2n) is 6.29. The van der Waals surface area contributed by atoms with Gasteiger partial charge in [0.2, 0.25) is 11.9 Å². The topological polar surface area (TPSA) is 88.9 Å².